The van der Waals surface area contributed by atoms with Crippen LogP contribution >= 0.6 is 11.6 Å². The van der Waals surface area contributed by atoms with Gasteiger partial charge in [-0.3, -0.25) is 4.79 Å². The lowest BCUT2D eigenvalue weighted by Crippen LogP contribution is -2.10. The summed E-state index contributed by atoms with van der Waals surface area (Å²) in [5, 5.41) is 3.73. The highest BCUT2D eigenvalue weighted by Crippen LogP contribution is 2.37. The molecule has 0 aliphatic heterocycles. The first kappa shape index (κ1) is 22.6. The van der Waals surface area contributed by atoms with Crippen molar-refractivity contribution in [1.82, 2.24) is 0 Å². The number of nitrogens with one attached hydrogen (secondary N) is 1. The number of aryl methyl sites for hydroxylation is 1. The molecule has 0 radical (unpaired) electrons. The fraction of sp³-hybridized carbons (Fsp3) is 0.148. The number of halogens is 2. The van der Waals surface area contributed by atoms with Gasteiger partial charge in [-0.25, -0.2) is 4.39 Å². The van der Waals surface area contributed by atoms with Gasteiger partial charge in [-0.1, -0.05) is 41.4 Å². The highest BCUT2D eigenvalue weighted by atomic mass is 35.5. The summed E-state index contributed by atoms with van der Waals surface area (Å²) < 4.78 is 25.7. The quantitative estimate of drug-likeness (QED) is 0.299. The number of rotatable bonds is 6. The first-order valence-electron chi connectivity index (χ1n) is 10.6. The normalized spacial score (nSPS) is 11.6. The number of carbonyl (C=O) groups is 1. The van der Waals surface area contributed by atoms with Gasteiger partial charge in [-0.15, -0.1) is 0 Å². The molecule has 3 aromatic carbocycles. The van der Waals surface area contributed by atoms with E-state index in [2.05, 4.69) is 17.4 Å². The number of hydrogen-bond acceptors (Lipinski definition) is 3. The molecular formula is C27H23ClFNO3. The van der Waals surface area contributed by atoms with Gasteiger partial charge >= 0.3 is 0 Å². The van der Waals surface area contributed by atoms with E-state index in [1.54, 1.807) is 6.26 Å². The Morgan fingerprint density at radius 3 is 2.61 bits per heavy atom. The van der Waals surface area contributed by atoms with Crippen molar-refractivity contribution in [2.45, 2.75) is 20.8 Å². The highest BCUT2D eigenvalue weighted by Gasteiger charge is 2.16. The van der Waals surface area contributed by atoms with E-state index in [-0.39, 0.29) is 10.7 Å². The molecule has 1 N–H and O–H groups in total. The Labute approximate surface area is 196 Å². The van der Waals surface area contributed by atoms with Crippen molar-refractivity contribution in [1.29, 1.82) is 0 Å². The van der Waals surface area contributed by atoms with Crippen molar-refractivity contribution in [3.8, 4) is 16.9 Å². The highest BCUT2D eigenvalue weighted by molar-refractivity contribution is 6.30. The van der Waals surface area contributed by atoms with E-state index in [0.29, 0.717) is 23.5 Å². The third-order valence-corrected chi connectivity index (χ3v) is 5.53. The SMILES string of the molecule is CCOc1cc2occ(-c3ccc(C)cc3)c2cc1/C(C)=C/C(=O)Nc1ccc(Cl)cc1F. The number of carbonyl (C=O) groups excluding carboxylic acids is 1. The summed E-state index contributed by atoms with van der Waals surface area (Å²) in [4.78, 5) is 12.6. The van der Waals surface area contributed by atoms with E-state index in [9.17, 15) is 9.18 Å². The van der Waals surface area contributed by atoms with Crippen LogP contribution in [0, 0.1) is 12.7 Å². The van der Waals surface area contributed by atoms with Crippen LogP contribution in [0.1, 0.15) is 25.0 Å². The summed E-state index contributed by atoms with van der Waals surface area (Å²) in [7, 11) is 0. The summed E-state index contributed by atoms with van der Waals surface area (Å²) in [6.45, 7) is 6.20. The monoisotopic (exact) mass is 463 g/mol. The summed E-state index contributed by atoms with van der Waals surface area (Å²) in [6.07, 6.45) is 3.15. The van der Waals surface area contributed by atoms with E-state index in [1.165, 1.54) is 23.8 Å². The molecule has 0 saturated carbocycles. The van der Waals surface area contributed by atoms with Crippen LogP contribution in [0.25, 0.3) is 27.7 Å². The molecule has 4 rings (SSSR count). The van der Waals surface area contributed by atoms with Crippen LogP contribution in [-0.2, 0) is 4.79 Å². The number of benzene rings is 3. The lowest BCUT2D eigenvalue weighted by Gasteiger charge is -2.12. The van der Waals surface area contributed by atoms with Crippen molar-refractivity contribution >= 4 is 39.7 Å². The fourth-order valence-corrected chi connectivity index (χ4v) is 3.79. The summed E-state index contributed by atoms with van der Waals surface area (Å²) in [5.74, 6) is -0.448. The molecule has 1 amide bonds. The van der Waals surface area contributed by atoms with Crippen LogP contribution in [-0.4, -0.2) is 12.5 Å². The third kappa shape index (κ3) is 4.94. The molecule has 33 heavy (non-hydrogen) atoms. The third-order valence-electron chi connectivity index (χ3n) is 5.30. The van der Waals surface area contributed by atoms with E-state index in [0.717, 1.165) is 28.1 Å². The molecule has 0 spiro atoms. The Balaban J connectivity index is 1.72. The van der Waals surface area contributed by atoms with Gasteiger partial charge in [-0.2, -0.15) is 0 Å². The zero-order chi connectivity index (χ0) is 23.5. The minimum atomic E-state index is -0.598. The molecule has 4 nitrogen and oxygen atoms in total. The predicted molar refractivity (Wildman–Crippen MR) is 131 cm³/mol. The maximum atomic E-state index is 14.1. The molecule has 168 valence electrons. The molecule has 0 fully saturated rings. The van der Waals surface area contributed by atoms with Gasteiger partial charge in [0.15, 0.2) is 0 Å². The van der Waals surface area contributed by atoms with Crippen molar-refractivity contribution in [3.63, 3.8) is 0 Å². The lowest BCUT2D eigenvalue weighted by molar-refractivity contribution is -0.111. The van der Waals surface area contributed by atoms with Crippen molar-refractivity contribution < 1.29 is 18.3 Å². The molecule has 4 aromatic rings. The zero-order valence-electron chi connectivity index (χ0n) is 18.5. The molecule has 6 heteroatoms. The number of amides is 1. The molecule has 0 atom stereocenters. The molecular weight excluding hydrogens is 441 g/mol. The lowest BCUT2D eigenvalue weighted by atomic mass is 9.98. The van der Waals surface area contributed by atoms with Crippen molar-refractivity contribution in [2.24, 2.45) is 0 Å². The van der Waals surface area contributed by atoms with E-state index < -0.39 is 11.7 Å². The van der Waals surface area contributed by atoms with Crippen LogP contribution in [0.15, 0.2) is 71.4 Å². The number of hydrogen-bond donors (Lipinski definition) is 1. The number of allylic oxidation sites excluding steroid dienone is 1. The molecule has 0 aliphatic carbocycles. The van der Waals surface area contributed by atoms with Gasteiger partial charge in [0.25, 0.3) is 0 Å². The number of ether oxygens (including phenoxy) is 1. The first-order valence-corrected chi connectivity index (χ1v) is 10.9. The summed E-state index contributed by atoms with van der Waals surface area (Å²) in [6, 6.07) is 16.1. The van der Waals surface area contributed by atoms with Crippen molar-refractivity contribution in [3.05, 3.63) is 88.9 Å². The van der Waals surface area contributed by atoms with Gasteiger partial charge in [0.1, 0.15) is 17.1 Å². The van der Waals surface area contributed by atoms with Crippen molar-refractivity contribution in [2.75, 3.05) is 11.9 Å². The second-order valence-electron chi connectivity index (χ2n) is 7.73. The average Bonchev–Trinajstić information content (AvgIpc) is 3.18. The smallest absolute Gasteiger partial charge is 0.248 e. The second-order valence-corrected chi connectivity index (χ2v) is 8.17. The largest absolute Gasteiger partial charge is 0.493 e. The Morgan fingerprint density at radius 2 is 1.91 bits per heavy atom. The summed E-state index contributed by atoms with van der Waals surface area (Å²) in [5.41, 5.74) is 5.34. The second kappa shape index (κ2) is 9.51. The average molecular weight is 464 g/mol. The molecule has 0 bridgehead atoms. The standard InChI is InChI=1S/C27H23ClFNO3/c1-4-32-25-14-26-21(22(15-33-26)18-7-5-16(2)6-8-18)13-20(25)17(3)11-27(31)30-24-10-9-19(28)12-23(24)29/h5-15H,4H2,1-3H3,(H,30,31)/b17-11+. The molecule has 0 aliphatic rings. The first-order chi connectivity index (χ1) is 15.9. The van der Waals surface area contributed by atoms with Crippen LogP contribution in [0.3, 0.4) is 0 Å². The van der Waals surface area contributed by atoms with Crippen LogP contribution in [0.4, 0.5) is 10.1 Å². The Kier molecular flexibility index (Phi) is 6.52. The minimum absolute atomic E-state index is 0.0606. The van der Waals surface area contributed by atoms with Gasteiger partial charge in [0.2, 0.25) is 5.91 Å². The van der Waals surface area contributed by atoms with E-state index >= 15 is 0 Å². The van der Waals surface area contributed by atoms with Crippen LogP contribution in [0.5, 0.6) is 5.75 Å². The van der Waals surface area contributed by atoms with Crippen LogP contribution < -0.4 is 10.1 Å². The molecule has 1 aromatic heterocycles. The number of anilines is 1. The maximum Gasteiger partial charge on any atom is 0.248 e. The van der Waals surface area contributed by atoms with Gasteiger partial charge in [0.05, 0.1) is 18.6 Å². The Bertz CT molecular complexity index is 1360. The predicted octanol–water partition coefficient (Wildman–Crippen LogP) is 7.64. The molecule has 0 saturated heterocycles. The Hall–Kier alpha value is -3.57. The van der Waals surface area contributed by atoms with E-state index in [1.807, 2.05) is 45.0 Å². The van der Waals surface area contributed by atoms with Gasteiger partial charge in [0, 0.05) is 33.7 Å². The molecule has 0 unspecified atom stereocenters. The maximum absolute atomic E-state index is 14.1. The topological polar surface area (TPSA) is 51.5 Å². The fourth-order valence-electron chi connectivity index (χ4n) is 3.63. The van der Waals surface area contributed by atoms with Crippen LogP contribution in [0.2, 0.25) is 5.02 Å². The Morgan fingerprint density at radius 1 is 1.15 bits per heavy atom. The number of furan rings is 1. The van der Waals surface area contributed by atoms with Gasteiger partial charge < -0.3 is 14.5 Å². The van der Waals surface area contributed by atoms with Gasteiger partial charge in [-0.05, 0) is 56.2 Å². The summed E-state index contributed by atoms with van der Waals surface area (Å²) >= 11 is 5.78. The zero-order valence-corrected chi connectivity index (χ0v) is 19.3. The van der Waals surface area contributed by atoms with E-state index in [4.69, 9.17) is 20.8 Å². The molecule has 1 heterocycles. The minimum Gasteiger partial charge on any atom is -0.493 e. The number of fused-ring (bicyclic) bond motifs is 1.